The van der Waals surface area contributed by atoms with Gasteiger partial charge in [-0.2, -0.15) is 8.42 Å². The highest BCUT2D eigenvalue weighted by molar-refractivity contribution is 14.1. The number of hydrogen-bond acceptors (Lipinski definition) is 2. The molecule has 0 aliphatic carbocycles. The first-order chi connectivity index (χ1) is 6.92. The van der Waals surface area contributed by atoms with Crippen molar-refractivity contribution < 1.29 is 13.0 Å². The van der Waals surface area contributed by atoms with Gasteiger partial charge >= 0.3 is 0 Å². The third-order valence-corrected chi connectivity index (χ3v) is 4.15. The summed E-state index contributed by atoms with van der Waals surface area (Å²) in [7, 11) is -3.92. The molecule has 0 heterocycles. The molecular formula is C10H13IO3S. The van der Waals surface area contributed by atoms with Crippen LogP contribution in [0, 0.1) is 0 Å². The summed E-state index contributed by atoms with van der Waals surface area (Å²) in [6.07, 6.45) is 0. The molecule has 0 saturated carbocycles. The van der Waals surface area contributed by atoms with E-state index in [1.165, 1.54) is 5.56 Å². The van der Waals surface area contributed by atoms with Gasteiger partial charge in [0, 0.05) is 4.43 Å². The zero-order valence-corrected chi connectivity index (χ0v) is 11.3. The Morgan fingerprint density at radius 2 is 1.87 bits per heavy atom. The molecule has 5 heteroatoms. The van der Waals surface area contributed by atoms with E-state index in [1.807, 2.05) is 12.1 Å². The minimum Gasteiger partial charge on any atom is -0.285 e. The van der Waals surface area contributed by atoms with Gasteiger partial charge in [0.05, 0.1) is 0 Å². The Hall–Kier alpha value is -0.140. The van der Waals surface area contributed by atoms with Crippen LogP contribution < -0.4 is 0 Å². The lowest BCUT2D eigenvalue weighted by atomic mass is 10.0. The van der Waals surface area contributed by atoms with Crippen molar-refractivity contribution in [2.75, 3.05) is 4.43 Å². The van der Waals surface area contributed by atoms with Crippen molar-refractivity contribution in [3.05, 3.63) is 35.4 Å². The fraction of sp³-hybridized carbons (Fsp3) is 0.400. The SMILES string of the molecule is CC(CI)c1ccc(CS(=O)(=O)O)cc1. The van der Waals surface area contributed by atoms with E-state index in [4.69, 9.17) is 4.55 Å². The number of rotatable bonds is 4. The second-order valence-corrected chi connectivity index (χ2v) is 5.86. The molecule has 3 nitrogen and oxygen atoms in total. The van der Waals surface area contributed by atoms with Crippen LogP contribution in [0.15, 0.2) is 24.3 Å². The molecule has 0 saturated heterocycles. The van der Waals surface area contributed by atoms with Crippen molar-refractivity contribution in [3.8, 4) is 0 Å². The number of alkyl halides is 1. The van der Waals surface area contributed by atoms with Gasteiger partial charge in [-0.15, -0.1) is 0 Å². The van der Waals surface area contributed by atoms with Crippen molar-refractivity contribution in [1.29, 1.82) is 0 Å². The highest BCUT2D eigenvalue weighted by Crippen LogP contribution is 2.18. The molecule has 1 aromatic rings. The quantitative estimate of drug-likeness (QED) is 0.521. The predicted octanol–water partition coefficient (Wildman–Crippen LogP) is 2.61. The summed E-state index contributed by atoms with van der Waals surface area (Å²) in [5.74, 6) is 0.150. The smallest absolute Gasteiger partial charge is 0.269 e. The van der Waals surface area contributed by atoms with E-state index >= 15 is 0 Å². The molecule has 0 amide bonds. The van der Waals surface area contributed by atoms with Crippen LogP contribution in [-0.2, 0) is 15.9 Å². The van der Waals surface area contributed by atoms with Crippen LogP contribution in [0.4, 0.5) is 0 Å². The van der Waals surface area contributed by atoms with Crippen LogP contribution in [0.5, 0.6) is 0 Å². The highest BCUT2D eigenvalue weighted by Gasteiger charge is 2.07. The lowest BCUT2D eigenvalue weighted by molar-refractivity contribution is 0.482. The minimum atomic E-state index is -3.92. The van der Waals surface area contributed by atoms with Gasteiger partial charge in [-0.25, -0.2) is 0 Å². The summed E-state index contributed by atoms with van der Waals surface area (Å²) in [6.45, 7) is 2.12. The largest absolute Gasteiger partial charge is 0.285 e. The standard InChI is InChI=1S/C10H13IO3S/c1-8(6-11)10-4-2-9(3-5-10)7-15(12,13)14/h2-5,8H,6-7H2,1H3,(H,12,13,14). The zero-order chi connectivity index (χ0) is 11.5. The van der Waals surface area contributed by atoms with Crippen LogP contribution in [0.3, 0.4) is 0 Å². The first-order valence-corrected chi connectivity index (χ1v) is 7.66. The summed E-state index contributed by atoms with van der Waals surface area (Å²) in [4.78, 5) is 0. The Morgan fingerprint density at radius 3 is 2.27 bits per heavy atom. The van der Waals surface area contributed by atoms with Gasteiger partial charge in [0.1, 0.15) is 5.75 Å². The third-order valence-electron chi connectivity index (χ3n) is 2.13. The first-order valence-electron chi connectivity index (χ1n) is 4.52. The summed E-state index contributed by atoms with van der Waals surface area (Å²) in [6, 6.07) is 7.30. The van der Waals surface area contributed by atoms with Crippen molar-refractivity contribution in [1.82, 2.24) is 0 Å². The van der Waals surface area contributed by atoms with Crippen molar-refractivity contribution in [2.24, 2.45) is 0 Å². The van der Waals surface area contributed by atoms with E-state index in [0.29, 0.717) is 11.5 Å². The molecule has 1 unspecified atom stereocenters. The predicted molar refractivity (Wildman–Crippen MR) is 69.0 cm³/mol. The van der Waals surface area contributed by atoms with E-state index in [0.717, 1.165) is 4.43 Å². The Balaban J connectivity index is 2.81. The van der Waals surface area contributed by atoms with E-state index in [1.54, 1.807) is 12.1 Å². The molecule has 84 valence electrons. The van der Waals surface area contributed by atoms with Gasteiger partial charge in [-0.1, -0.05) is 53.8 Å². The molecule has 1 aromatic carbocycles. The second kappa shape index (κ2) is 5.27. The molecule has 0 bridgehead atoms. The second-order valence-electron chi connectivity index (χ2n) is 3.52. The topological polar surface area (TPSA) is 54.4 Å². The maximum absolute atomic E-state index is 10.6. The van der Waals surface area contributed by atoms with E-state index in [9.17, 15) is 8.42 Å². The molecular weight excluding hydrogens is 327 g/mol. The lowest BCUT2D eigenvalue weighted by Crippen LogP contribution is -2.02. The van der Waals surface area contributed by atoms with Gasteiger partial charge in [0.25, 0.3) is 10.1 Å². The van der Waals surface area contributed by atoms with Crippen LogP contribution in [0.2, 0.25) is 0 Å². The molecule has 1 atom stereocenters. The Kier molecular flexibility index (Phi) is 4.54. The van der Waals surface area contributed by atoms with Crippen molar-refractivity contribution in [2.45, 2.75) is 18.6 Å². The Morgan fingerprint density at radius 1 is 1.33 bits per heavy atom. The molecule has 15 heavy (non-hydrogen) atoms. The fourth-order valence-corrected chi connectivity index (χ4v) is 2.36. The summed E-state index contributed by atoms with van der Waals surface area (Å²) < 4.78 is 30.9. The number of benzene rings is 1. The van der Waals surface area contributed by atoms with Crippen LogP contribution in [0.1, 0.15) is 24.0 Å². The fourth-order valence-electron chi connectivity index (χ4n) is 1.24. The first kappa shape index (κ1) is 12.9. The molecule has 0 aliphatic heterocycles. The Bertz CT molecular complexity index is 411. The van der Waals surface area contributed by atoms with Gasteiger partial charge < -0.3 is 0 Å². The van der Waals surface area contributed by atoms with Crippen molar-refractivity contribution >= 4 is 32.7 Å². The molecule has 0 aliphatic rings. The van der Waals surface area contributed by atoms with E-state index < -0.39 is 10.1 Å². The minimum absolute atomic E-state index is 0.314. The summed E-state index contributed by atoms with van der Waals surface area (Å²) in [5, 5.41) is 0. The maximum Gasteiger partial charge on any atom is 0.269 e. The third kappa shape index (κ3) is 4.48. The average molecular weight is 340 g/mol. The normalized spacial score (nSPS) is 13.8. The Labute approximate surface area is 104 Å². The van der Waals surface area contributed by atoms with E-state index in [-0.39, 0.29) is 5.75 Å². The molecule has 1 rings (SSSR count). The molecule has 0 fully saturated rings. The monoisotopic (exact) mass is 340 g/mol. The van der Waals surface area contributed by atoms with Gasteiger partial charge in [0.2, 0.25) is 0 Å². The van der Waals surface area contributed by atoms with Gasteiger partial charge in [-0.3, -0.25) is 4.55 Å². The van der Waals surface area contributed by atoms with Gasteiger partial charge in [0.15, 0.2) is 0 Å². The number of halogens is 1. The van der Waals surface area contributed by atoms with Crippen LogP contribution >= 0.6 is 22.6 Å². The zero-order valence-electron chi connectivity index (χ0n) is 8.35. The molecule has 0 radical (unpaired) electrons. The van der Waals surface area contributed by atoms with Crippen LogP contribution in [-0.4, -0.2) is 17.4 Å². The van der Waals surface area contributed by atoms with Gasteiger partial charge in [-0.05, 0) is 17.0 Å². The van der Waals surface area contributed by atoms with Crippen molar-refractivity contribution in [3.63, 3.8) is 0 Å². The number of hydrogen-bond donors (Lipinski definition) is 1. The maximum atomic E-state index is 10.6. The molecule has 1 N–H and O–H groups in total. The molecule has 0 spiro atoms. The highest BCUT2D eigenvalue weighted by atomic mass is 127. The average Bonchev–Trinajstić information content (AvgIpc) is 2.15. The summed E-state index contributed by atoms with van der Waals surface area (Å²) in [5.41, 5.74) is 1.80. The summed E-state index contributed by atoms with van der Waals surface area (Å²) >= 11 is 2.31. The van der Waals surface area contributed by atoms with Crippen LogP contribution in [0.25, 0.3) is 0 Å². The van der Waals surface area contributed by atoms with E-state index in [2.05, 4.69) is 29.5 Å². The molecule has 0 aromatic heterocycles. The lowest BCUT2D eigenvalue weighted by Gasteiger charge is -2.08.